The Morgan fingerprint density at radius 3 is 2.55 bits per heavy atom. The third-order valence-corrected chi connectivity index (χ3v) is 2.61. The first-order chi connectivity index (χ1) is 5.36. The molecule has 1 saturated heterocycles. The maximum absolute atomic E-state index is 2.57. The van der Waals surface area contributed by atoms with Gasteiger partial charge in [0.15, 0.2) is 0 Å². The Bertz CT molecular complexity index is 99.7. The summed E-state index contributed by atoms with van der Waals surface area (Å²) < 4.78 is 0. The van der Waals surface area contributed by atoms with Crippen LogP contribution in [0.3, 0.4) is 0 Å². The second-order valence-corrected chi connectivity index (χ2v) is 3.57. The largest absolute Gasteiger partial charge is 0.348 e. The zero-order valence-corrected chi connectivity index (χ0v) is 7.84. The lowest BCUT2D eigenvalue weighted by molar-refractivity contribution is -0.633. The average Bonchev–Trinajstić information content (AvgIpc) is 1.94. The van der Waals surface area contributed by atoms with E-state index in [1.165, 1.54) is 39.0 Å². The fourth-order valence-corrected chi connectivity index (χ4v) is 1.63. The lowest BCUT2D eigenvalue weighted by atomic mass is 10.0. The summed E-state index contributed by atoms with van der Waals surface area (Å²) in [6.07, 6.45) is 2.76. The molecule has 0 saturated carbocycles. The van der Waals surface area contributed by atoms with Crippen molar-refractivity contribution in [3.63, 3.8) is 0 Å². The van der Waals surface area contributed by atoms with Gasteiger partial charge in [-0.1, -0.05) is 6.92 Å². The van der Waals surface area contributed by atoms with Crippen LogP contribution in [0.1, 0.15) is 19.8 Å². The van der Waals surface area contributed by atoms with Crippen molar-refractivity contribution in [3.8, 4) is 0 Å². The Balaban J connectivity index is 2.08. The van der Waals surface area contributed by atoms with Gasteiger partial charge in [-0.2, -0.15) is 0 Å². The Morgan fingerprint density at radius 1 is 1.45 bits per heavy atom. The van der Waals surface area contributed by atoms with E-state index in [1.54, 1.807) is 0 Å². The molecule has 0 aromatic carbocycles. The van der Waals surface area contributed by atoms with Crippen molar-refractivity contribution in [2.75, 3.05) is 33.2 Å². The highest BCUT2D eigenvalue weighted by Crippen LogP contribution is 2.10. The monoisotopic (exact) mass is 157 g/mol. The average molecular weight is 157 g/mol. The van der Waals surface area contributed by atoms with Crippen LogP contribution in [-0.2, 0) is 0 Å². The molecule has 0 bridgehead atoms. The summed E-state index contributed by atoms with van der Waals surface area (Å²) in [7, 11) is 2.17. The molecule has 1 aliphatic heterocycles. The van der Waals surface area contributed by atoms with E-state index in [4.69, 9.17) is 0 Å². The second-order valence-electron chi connectivity index (χ2n) is 3.57. The van der Waals surface area contributed by atoms with Crippen LogP contribution in [-0.4, -0.2) is 38.1 Å². The van der Waals surface area contributed by atoms with E-state index in [0.717, 1.165) is 5.92 Å². The molecule has 11 heavy (non-hydrogen) atoms. The second kappa shape index (κ2) is 4.73. The standard InChI is InChI=1S/C9H20N2/c1-3-9(7-10-2)8-11-5-4-6-11/h9-10H,3-8H2,1-2H3/p+1. The lowest BCUT2D eigenvalue weighted by Crippen LogP contribution is -2.81. The van der Waals surface area contributed by atoms with Crippen LogP contribution in [0.25, 0.3) is 0 Å². The molecule has 2 heteroatoms. The Labute approximate surface area is 70.0 Å². The number of hydrogen-bond acceptors (Lipinski definition) is 1. The lowest BCUT2D eigenvalue weighted by Gasteiger charge is -2.33. The fourth-order valence-electron chi connectivity index (χ4n) is 1.63. The highest BCUT2D eigenvalue weighted by molar-refractivity contribution is 4.71. The van der Waals surface area contributed by atoms with Gasteiger partial charge in [0.25, 0.3) is 0 Å². The predicted octanol–water partition coefficient (Wildman–Crippen LogP) is -0.0885. The molecule has 1 atom stereocenters. The van der Waals surface area contributed by atoms with Gasteiger partial charge in [0.2, 0.25) is 0 Å². The molecule has 0 radical (unpaired) electrons. The van der Waals surface area contributed by atoms with Crippen molar-refractivity contribution in [1.82, 2.24) is 4.90 Å². The van der Waals surface area contributed by atoms with Crippen molar-refractivity contribution in [2.45, 2.75) is 19.8 Å². The topological polar surface area (TPSA) is 19.9 Å². The molecule has 1 aliphatic rings. The van der Waals surface area contributed by atoms with Crippen molar-refractivity contribution in [3.05, 3.63) is 0 Å². The van der Waals surface area contributed by atoms with Gasteiger partial charge in [-0.25, -0.2) is 0 Å². The minimum atomic E-state index is 0.917. The van der Waals surface area contributed by atoms with E-state index < -0.39 is 0 Å². The summed E-state index contributed by atoms with van der Waals surface area (Å²) in [5.41, 5.74) is 0. The highest BCUT2D eigenvalue weighted by Gasteiger charge is 2.18. The molecule has 0 aromatic rings. The third kappa shape index (κ3) is 2.80. The molecular formula is C9H21N2+. The summed E-state index contributed by atoms with van der Waals surface area (Å²) in [6.45, 7) is 7.63. The predicted molar refractivity (Wildman–Crippen MR) is 47.6 cm³/mol. The smallest absolute Gasteiger partial charge is 0.0794 e. The van der Waals surface area contributed by atoms with Gasteiger partial charge in [-0.15, -0.1) is 0 Å². The first-order valence-electron chi connectivity index (χ1n) is 4.87. The minimum Gasteiger partial charge on any atom is -0.348 e. The van der Waals surface area contributed by atoms with Gasteiger partial charge in [0.1, 0.15) is 0 Å². The number of nitrogens with two attached hydrogens (primary N) is 1. The highest BCUT2D eigenvalue weighted by atomic mass is 15.2. The number of rotatable bonds is 5. The molecule has 1 fully saturated rings. The minimum absolute atomic E-state index is 0.917. The van der Waals surface area contributed by atoms with Crippen LogP contribution >= 0.6 is 0 Å². The Hall–Kier alpha value is -0.0800. The van der Waals surface area contributed by atoms with Gasteiger partial charge in [-0.05, 0) is 25.9 Å². The summed E-state index contributed by atoms with van der Waals surface area (Å²) >= 11 is 0. The first kappa shape index (κ1) is 9.01. The number of likely N-dealkylation sites (tertiary alicyclic amines) is 1. The SMILES string of the molecule is CCC(C[NH2+]C)CN1CCC1. The molecular weight excluding hydrogens is 136 g/mol. The summed E-state index contributed by atoms with van der Waals surface area (Å²) in [6, 6.07) is 0. The van der Waals surface area contributed by atoms with Crippen LogP contribution in [0.5, 0.6) is 0 Å². The van der Waals surface area contributed by atoms with Gasteiger partial charge in [-0.3, -0.25) is 0 Å². The first-order valence-corrected chi connectivity index (χ1v) is 4.87. The van der Waals surface area contributed by atoms with Crippen molar-refractivity contribution in [2.24, 2.45) is 5.92 Å². The van der Waals surface area contributed by atoms with Gasteiger partial charge < -0.3 is 10.2 Å². The van der Waals surface area contributed by atoms with Gasteiger partial charge in [0, 0.05) is 12.5 Å². The molecule has 1 rings (SSSR count). The summed E-state index contributed by atoms with van der Waals surface area (Å²) in [5.74, 6) is 0.917. The zero-order valence-electron chi connectivity index (χ0n) is 7.84. The molecule has 0 spiro atoms. The number of quaternary nitrogens is 1. The maximum Gasteiger partial charge on any atom is 0.0794 e. The zero-order chi connectivity index (χ0) is 8.10. The Kier molecular flexibility index (Phi) is 3.87. The number of nitrogens with zero attached hydrogens (tertiary/aromatic N) is 1. The van der Waals surface area contributed by atoms with Gasteiger partial charge in [0.05, 0.1) is 13.6 Å². The summed E-state index contributed by atoms with van der Waals surface area (Å²) in [4.78, 5) is 2.57. The third-order valence-electron chi connectivity index (χ3n) is 2.61. The molecule has 2 N–H and O–H groups in total. The normalized spacial score (nSPS) is 21.3. The maximum atomic E-state index is 2.57. The van der Waals surface area contributed by atoms with Crippen LogP contribution in [0.15, 0.2) is 0 Å². The van der Waals surface area contributed by atoms with Crippen LogP contribution in [0.2, 0.25) is 0 Å². The number of hydrogen-bond donors (Lipinski definition) is 1. The van der Waals surface area contributed by atoms with Crippen molar-refractivity contribution in [1.29, 1.82) is 0 Å². The van der Waals surface area contributed by atoms with E-state index in [-0.39, 0.29) is 0 Å². The molecule has 66 valence electrons. The molecule has 1 unspecified atom stereocenters. The summed E-state index contributed by atoms with van der Waals surface area (Å²) in [5, 5.41) is 2.30. The van der Waals surface area contributed by atoms with E-state index in [0.29, 0.717) is 0 Å². The fraction of sp³-hybridized carbons (Fsp3) is 1.00. The van der Waals surface area contributed by atoms with E-state index in [9.17, 15) is 0 Å². The molecule has 1 heterocycles. The van der Waals surface area contributed by atoms with E-state index in [1.807, 2.05) is 0 Å². The van der Waals surface area contributed by atoms with Crippen LogP contribution < -0.4 is 5.32 Å². The van der Waals surface area contributed by atoms with E-state index in [2.05, 4.69) is 24.2 Å². The van der Waals surface area contributed by atoms with Crippen LogP contribution in [0.4, 0.5) is 0 Å². The van der Waals surface area contributed by atoms with Crippen molar-refractivity contribution >= 4 is 0 Å². The van der Waals surface area contributed by atoms with Gasteiger partial charge >= 0.3 is 0 Å². The molecule has 0 aliphatic carbocycles. The van der Waals surface area contributed by atoms with Crippen LogP contribution in [0, 0.1) is 5.92 Å². The molecule has 2 nitrogen and oxygen atoms in total. The van der Waals surface area contributed by atoms with E-state index >= 15 is 0 Å². The molecule has 0 amide bonds. The van der Waals surface area contributed by atoms with Crippen molar-refractivity contribution < 1.29 is 5.32 Å². The Morgan fingerprint density at radius 2 is 2.18 bits per heavy atom. The quantitative estimate of drug-likeness (QED) is 0.591. The molecule has 0 aromatic heterocycles.